The molecule has 5 heteroatoms. The SMILES string of the molecule is CC1(C(=O)N2CCN(C(=O)C3CCC(C4CCCC5NCCCC54)CC3)CC2)CC1. The third kappa shape index (κ3) is 4.03. The number of piperazine rings is 1. The average Bonchev–Trinajstić information content (AvgIpc) is 3.56. The Labute approximate surface area is 182 Å². The summed E-state index contributed by atoms with van der Waals surface area (Å²) in [6, 6.07) is 0.772. The molecular weight excluding hydrogens is 374 g/mol. The molecule has 0 aromatic heterocycles. The number of amides is 2. The van der Waals surface area contributed by atoms with Gasteiger partial charge in [0.2, 0.25) is 11.8 Å². The first-order valence-electron chi connectivity index (χ1n) is 12.9. The minimum Gasteiger partial charge on any atom is -0.339 e. The van der Waals surface area contributed by atoms with Gasteiger partial charge in [-0.3, -0.25) is 9.59 Å². The molecule has 0 aromatic rings. The zero-order valence-electron chi connectivity index (χ0n) is 18.9. The molecule has 3 unspecified atom stereocenters. The van der Waals surface area contributed by atoms with Crippen molar-refractivity contribution in [2.45, 2.75) is 83.6 Å². The summed E-state index contributed by atoms with van der Waals surface area (Å²) in [5, 5.41) is 3.80. The summed E-state index contributed by atoms with van der Waals surface area (Å²) in [7, 11) is 0. The standard InChI is InChI=1S/C25H41N3O2/c1-25(11-12-25)24(30)28-16-14-27(15-17-28)23(29)19-9-7-18(8-10-19)20-4-2-6-22-21(20)5-3-13-26-22/h18-22,26H,2-17H2,1H3. The molecule has 5 aliphatic rings. The predicted molar refractivity (Wildman–Crippen MR) is 118 cm³/mol. The second kappa shape index (κ2) is 8.44. The fourth-order valence-corrected chi connectivity index (χ4v) is 7.14. The Hall–Kier alpha value is -1.10. The third-order valence-corrected chi connectivity index (χ3v) is 9.36. The van der Waals surface area contributed by atoms with Gasteiger partial charge in [-0.15, -0.1) is 0 Å². The third-order valence-electron chi connectivity index (χ3n) is 9.36. The fourth-order valence-electron chi connectivity index (χ4n) is 7.14. The number of hydrogen-bond acceptors (Lipinski definition) is 3. The van der Waals surface area contributed by atoms with E-state index in [0.29, 0.717) is 11.8 Å². The Morgan fingerprint density at radius 2 is 1.47 bits per heavy atom. The van der Waals surface area contributed by atoms with Crippen LogP contribution in [0.4, 0.5) is 0 Å². The molecule has 0 radical (unpaired) electrons. The van der Waals surface area contributed by atoms with Gasteiger partial charge in [0, 0.05) is 43.6 Å². The summed E-state index contributed by atoms with van der Waals surface area (Å²) in [4.78, 5) is 29.8. The molecule has 1 N–H and O–H groups in total. The zero-order chi connectivity index (χ0) is 20.7. The van der Waals surface area contributed by atoms with Gasteiger partial charge in [-0.25, -0.2) is 0 Å². The second-order valence-corrected chi connectivity index (χ2v) is 11.3. The van der Waals surface area contributed by atoms with E-state index in [-0.39, 0.29) is 11.3 Å². The Bertz CT molecular complexity index is 643. The highest BCUT2D eigenvalue weighted by Gasteiger charge is 2.48. The largest absolute Gasteiger partial charge is 0.339 e. The Kier molecular flexibility index (Phi) is 5.85. The number of carbonyl (C=O) groups is 2. The molecule has 5 rings (SSSR count). The monoisotopic (exact) mass is 415 g/mol. The van der Waals surface area contributed by atoms with Crippen molar-refractivity contribution in [2.24, 2.45) is 29.1 Å². The number of hydrogen-bond donors (Lipinski definition) is 1. The van der Waals surface area contributed by atoms with Gasteiger partial charge in [0.05, 0.1) is 0 Å². The smallest absolute Gasteiger partial charge is 0.228 e. The molecule has 2 aliphatic heterocycles. The van der Waals surface area contributed by atoms with E-state index in [4.69, 9.17) is 0 Å². The maximum Gasteiger partial charge on any atom is 0.228 e. The highest BCUT2D eigenvalue weighted by Crippen LogP contribution is 2.47. The van der Waals surface area contributed by atoms with E-state index in [1.807, 2.05) is 4.90 Å². The van der Waals surface area contributed by atoms with Gasteiger partial charge in [-0.1, -0.05) is 13.3 Å². The van der Waals surface area contributed by atoms with Gasteiger partial charge in [0.1, 0.15) is 0 Å². The summed E-state index contributed by atoms with van der Waals surface area (Å²) >= 11 is 0. The molecule has 5 fully saturated rings. The Morgan fingerprint density at radius 1 is 0.800 bits per heavy atom. The molecule has 0 spiro atoms. The van der Waals surface area contributed by atoms with E-state index in [1.165, 1.54) is 51.5 Å². The number of carbonyl (C=O) groups excluding carboxylic acids is 2. The van der Waals surface area contributed by atoms with Crippen molar-refractivity contribution >= 4 is 11.8 Å². The first-order chi connectivity index (χ1) is 14.5. The van der Waals surface area contributed by atoms with Crippen LogP contribution in [0.15, 0.2) is 0 Å². The lowest BCUT2D eigenvalue weighted by Gasteiger charge is -2.47. The second-order valence-electron chi connectivity index (χ2n) is 11.3. The van der Waals surface area contributed by atoms with Crippen LogP contribution in [0, 0.1) is 29.1 Å². The van der Waals surface area contributed by atoms with Crippen LogP contribution in [0.3, 0.4) is 0 Å². The van der Waals surface area contributed by atoms with E-state index < -0.39 is 0 Å². The topological polar surface area (TPSA) is 52.7 Å². The number of piperidine rings is 1. The van der Waals surface area contributed by atoms with Gasteiger partial charge in [-0.2, -0.15) is 0 Å². The molecule has 5 nitrogen and oxygen atoms in total. The minimum atomic E-state index is -0.0868. The summed E-state index contributed by atoms with van der Waals surface area (Å²) in [5.74, 6) is 3.55. The normalized spacial score (nSPS) is 38.6. The van der Waals surface area contributed by atoms with Crippen molar-refractivity contribution in [1.29, 1.82) is 0 Å². The van der Waals surface area contributed by atoms with Gasteiger partial charge in [0.25, 0.3) is 0 Å². The summed E-state index contributed by atoms with van der Waals surface area (Å²) < 4.78 is 0. The summed E-state index contributed by atoms with van der Waals surface area (Å²) in [6.07, 6.45) is 13.7. The van der Waals surface area contributed by atoms with E-state index in [1.54, 1.807) is 0 Å². The zero-order valence-corrected chi connectivity index (χ0v) is 18.9. The molecule has 2 heterocycles. The van der Waals surface area contributed by atoms with Crippen molar-refractivity contribution in [1.82, 2.24) is 15.1 Å². The van der Waals surface area contributed by atoms with Crippen LogP contribution in [0.1, 0.15) is 77.6 Å². The van der Waals surface area contributed by atoms with Gasteiger partial charge < -0.3 is 15.1 Å². The Morgan fingerprint density at radius 3 is 2.17 bits per heavy atom. The number of rotatable bonds is 3. The van der Waals surface area contributed by atoms with Gasteiger partial charge in [0.15, 0.2) is 0 Å². The maximum atomic E-state index is 13.2. The number of nitrogens with zero attached hydrogens (tertiary/aromatic N) is 2. The lowest BCUT2D eigenvalue weighted by molar-refractivity contribution is -0.145. The maximum absolute atomic E-state index is 13.2. The van der Waals surface area contributed by atoms with Crippen LogP contribution in [0.25, 0.3) is 0 Å². The number of nitrogens with one attached hydrogen (secondary N) is 1. The van der Waals surface area contributed by atoms with Crippen LogP contribution in [-0.4, -0.2) is 60.4 Å². The van der Waals surface area contributed by atoms with Crippen LogP contribution in [0.2, 0.25) is 0 Å². The lowest BCUT2D eigenvalue weighted by atomic mass is 9.63. The van der Waals surface area contributed by atoms with Crippen LogP contribution >= 0.6 is 0 Å². The van der Waals surface area contributed by atoms with E-state index in [9.17, 15) is 9.59 Å². The molecule has 3 aliphatic carbocycles. The highest BCUT2D eigenvalue weighted by molar-refractivity contribution is 5.85. The van der Waals surface area contributed by atoms with Crippen LogP contribution < -0.4 is 5.32 Å². The molecule has 168 valence electrons. The Balaban J connectivity index is 1.10. The first-order valence-corrected chi connectivity index (χ1v) is 12.9. The lowest BCUT2D eigenvalue weighted by Crippen LogP contribution is -2.53. The molecule has 2 saturated heterocycles. The molecule has 3 atom stereocenters. The van der Waals surface area contributed by atoms with E-state index in [2.05, 4.69) is 17.1 Å². The van der Waals surface area contributed by atoms with Crippen LogP contribution in [-0.2, 0) is 9.59 Å². The average molecular weight is 416 g/mol. The molecule has 0 aromatic carbocycles. The van der Waals surface area contributed by atoms with Crippen molar-refractivity contribution in [2.75, 3.05) is 32.7 Å². The quantitative estimate of drug-likeness (QED) is 0.768. The number of fused-ring (bicyclic) bond motifs is 1. The molecule has 2 amide bonds. The van der Waals surface area contributed by atoms with Crippen molar-refractivity contribution in [3.63, 3.8) is 0 Å². The van der Waals surface area contributed by atoms with Crippen LogP contribution in [0.5, 0.6) is 0 Å². The predicted octanol–water partition coefficient (Wildman–Crippen LogP) is 3.43. The van der Waals surface area contributed by atoms with E-state index >= 15 is 0 Å². The van der Waals surface area contributed by atoms with Gasteiger partial charge in [-0.05, 0) is 88.5 Å². The van der Waals surface area contributed by atoms with Crippen molar-refractivity contribution in [3.8, 4) is 0 Å². The molecule has 0 bridgehead atoms. The van der Waals surface area contributed by atoms with Crippen molar-refractivity contribution in [3.05, 3.63) is 0 Å². The van der Waals surface area contributed by atoms with Gasteiger partial charge >= 0.3 is 0 Å². The highest BCUT2D eigenvalue weighted by atomic mass is 16.2. The van der Waals surface area contributed by atoms with E-state index in [0.717, 1.165) is 75.7 Å². The molecular formula is C25H41N3O2. The summed E-state index contributed by atoms with van der Waals surface area (Å²) in [6.45, 7) is 6.23. The van der Waals surface area contributed by atoms with Crippen molar-refractivity contribution < 1.29 is 9.59 Å². The first kappa shape index (κ1) is 20.8. The molecule has 30 heavy (non-hydrogen) atoms. The fraction of sp³-hybridized carbons (Fsp3) is 0.920. The molecule has 3 saturated carbocycles. The summed E-state index contributed by atoms with van der Waals surface area (Å²) in [5.41, 5.74) is -0.0868. The minimum absolute atomic E-state index is 0.0868.